The second-order valence-corrected chi connectivity index (χ2v) is 2.27. The van der Waals surface area contributed by atoms with Gasteiger partial charge in [0.05, 0.1) is 0 Å². The maximum absolute atomic E-state index is 3.71. The van der Waals surface area contributed by atoms with Gasteiger partial charge in [0.2, 0.25) is 0 Å². The van der Waals surface area contributed by atoms with Gasteiger partial charge in [0.25, 0.3) is 0 Å². The third-order valence-corrected chi connectivity index (χ3v) is 1.28. The molecule has 0 N–H and O–H groups in total. The molecule has 0 fully saturated rings. The molecule has 0 spiro atoms. The highest BCUT2D eigenvalue weighted by Crippen LogP contribution is 1.91. The average molecular weight is 149 g/mol. The summed E-state index contributed by atoms with van der Waals surface area (Å²) in [5, 5.41) is 0. The van der Waals surface area contributed by atoms with Gasteiger partial charge in [0, 0.05) is 0 Å². The van der Waals surface area contributed by atoms with Crippen molar-refractivity contribution in [2.24, 2.45) is 0 Å². The van der Waals surface area contributed by atoms with Crippen molar-refractivity contribution in [1.82, 2.24) is 0 Å². The maximum Gasteiger partial charge on any atom is -0.0169 e. The second-order valence-electron chi connectivity index (χ2n) is 2.27. The van der Waals surface area contributed by atoms with Crippen molar-refractivity contribution in [3.05, 3.63) is 43.4 Å². The van der Waals surface area contributed by atoms with E-state index in [1.165, 1.54) is 0 Å². The summed E-state index contributed by atoms with van der Waals surface area (Å²) in [6, 6.07) is 0. The molecule has 0 aliphatic carbocycles. The van der Waals surface area contributed by atoms with Crippen molar-refractivity contribution in [1.29, 1.82) is 0 Å². The van der Waals surface area contributed by atoms with Crippen LogP contribution in [-0.4, -0.2) is 0 Å². The van der Waals surface area contributed by atoms with Gasteiger partial charge in [-0.1, -0.05) is 36.5 Å². The molecule has 61 valence electrons. The molecule has 0 atom stereocenters. The highest BCUT2D eigenvalue weighted by molar-refractivity contribution is 4.96. The quantitative estimate of drug-likeness (QED) is 0.523. The van der Waals surface area contributed by atoms with E-state index in [0.717, 1.165) is 19.3 Å². The zero-order valence-electron chi connectivity index (χ0n) is 7.29. The normalized spacial score (nSPS) is 12.5. The Hall–Kier alpha value is -0.780. The van der Waals surface area contributed by atoms with E-state index in [9.17, 15) is 0 Å². The van der Waals surface area contributed by atoms with E-state index >= 15 is 0 Å². The lowest BCUT2D eigenvalue weighted by atomic mass is 10.3. The molecule has 0 aromatic rings. The van der Waals surface area contributed by atoms with Gasteiger partial charge in [-0.3, -0.25) is 0 Å². The zero-order chi connectivity index (χ0) is 8.36. The van der Waals surface area contributed by atoms with E-state index in [2.05, 4.69) is 43.4 Å². The first-order valence-corrected chi connectivity index (χ1v) is 4.12. The standard InChI is InChI=1S/C11H17/c1-3-5-7-9-11-10-8-6-4-2/h4-7,10-11H,1,3,8-9H2,2H3. The molecule has 0 bridgehead atoms. The van der Waals surface area contributed by atoms with Gasteiger partial charge >= 0.3 is 0 Å². The minimum Gasteiger partial charge on any atom is -0.0914 e. The molecule has 0 aromatic carbocycles. The lowest BCUT2D eigenvalue weighted by molar-refractivity contribution is 1.28. The Morgan fingerprint density at radius 3 is 2.00 bits per heavy atom. The Morgan fingerprint density at radius 1 is 0.909 bits per heavy atom. The fourth-order valence-corrected chi connectivity index (χ4v) is 0.700. The molecule has 11 heavy (non-hydrogen) atoms. The van der Waals surface area contributed by atoms with Crippen molar-refractivity contribution in [2.75, 3.05) is 0 Å². The van der Waals surface area contributed by atoms with Gasteiger partial charge in [-0.2, -0.15) is 0 Å². The summed E-state index contributed by atoms with van der Waals surface area (Å²) in [5.74, 6) is 0. The summed E-state index contributed by atoms with van der Waals surface area (Å²) in [7, 11) is 0. The smallest absolute Gasteiger partial charge is 0.0169 e. The molecule has 0 amide bonds. The Morgan fingerprint density at radius 2 is 1.45 bits per heavy atom. The lowest BCUT2D eigenvalue weighted by Gasteiger charge is -1.81. The summed E-state index contributed by atoms with van der Waals surface area (Å²) in [5.41, 5.74) is 0. The van der Waals surface area contributed by atoms with Crippen LogP contribution in [0.5, 0.6) is 0 Å². The van der Waals surface area contributed by atoms with Crippen molar-refractivity contribution in [3.63, 3.8) is 0 Å². The molecule has 0 rings (SSSR count). The first-order chi connectivity index (χ1) is 5.41. The Labute approximate surface area is 70.3 Å². The Bertz CT molecular complexity index is 138. The highest BCUT2D eigenvalue weighted by atomic mass is 13.8. The lowest BCUT2D eigenvalue weighted by Crippen LogP contribution is -1.60. The van der Waals surface area contributed by atoms with Gasteiger partial charge in [-0.05, 0) is 33.1 Å². The fourth-order valence-electron chi connectivity index (χ4n) is 0.700. The van der Waals surface area contributed by atoms with E-state index in [1.54, 1.807) is 0 Å². The highest BCUT2D eigenvalue weighted by Gasteiger charge is 1.70. The van der Waals surface area contributed by atoms with Gasteiger partial charge in [-0.15, -0.1) is 0 Å². The van der Waals surface area contributed by atoms with Gasteiger partial charge < -0.3 is 0 Å². The van der Waals surface area contributed by atoms with Crippen LogP contribution in [0.25, 0.3) is 0 Å². The van der Waals surface area contributed by atoms with Gasteiger partial charge in [0.1, 0.15) is 0 Å². The molecule has 0 saturated heterocycles. The summed E-state index contributed by atoms with van der Waals surface area (Å²) >= 11 is 0. The average Bonchev–Trinajstić information content (AvgIpc) is 2.03. The van der Waals surface area contributed by atoms with Crippen molar-refractivity contribution in [3.8, 4) is 0 Å². The summed E-state index contributed by atoms with van der Waals surface area (Å²) < 4.78 is 0. The minimum atomic E-state index is 0.892. The topological polar surface area (TPSA) is 0 Å². The maximum atomic E-state index is 3.71. The first kappa shape index (κ1) is 10.2. The number of allylic oxidation sites excluding steroid dienone is 6. The molecule has 0 unspecified atom stereocenters. The van der Waals surface area contributed by atoms with Crippen LogP contribution in [0.3, 0.4) is 0 Å². The summed E-state index contributed by atoms with van der Waals surface area (Å²) in [6.45, 7) is 5.75. The molecule has 0 aliphatic heterocycles. The van der Waals surface area contributed by atoms with Crippen LogP contribution >= 0.6 is 0 Å². The van der Waals surface area contributed by atoms with Crippen LogP contribution in [0.15, 0.2) is 36.5 Å². The van der Waals surface area contributed by atoms with Crippen LogP contribution in [0, 0.1) is 6.92 Å². The van der Waals surface area contributed by atoms with Crippen molar-refractivity contribution in [2.45, 2.75) is 26.2 Å². The van der Waals surface area contributed by atoms with Crippen LogP contribution < -0.4 is 0 Å². The minimum absolute atomic E-state index is 0.892. The number of hydrogen-bond donors (Lipinski definition) is 0. The molecule has 0 aliphatic rings. The van der Waals surface area contributed by atoms with Crippen LogP contribution in [-0.2, 0) is 0 Å². The molecule has 0 heteroatoms. The van der Waals surface area contributed by atoms with E-state index < -0.39 is 0 Å². The predicted molar refractivity (Wildman–Crippen MR) is 52.3 cm³/mol. The van der Waals surface area contributed by atoms with Gasteiger partial charge in [-0.25, -0.2) is 0 Å². The summed E-state index contributed by atoms with van der Waals surface area (Å²) in [6.07, 6.45) is 15.8. The summed E-state index contributed by atoms with van der Waals surface area (Å²) in [4.78, 5) is 0. The Balaban J connectivity index is 3.23. The third-order valence-electron chi connectivity index (χ3n) is 1.28. The molecular weight excluding hydrogens is 132 g/mol. The van der Waals surface area contributed by atoms with Crippen molar-refractivity contribution < 1.29 is 0 Å². The zero-order valence-corrected chi connectivity index (χ0v) is 7.29. The van der Waals surface area contributed by atoms with Crippen molar-refractivity contribution >= 4 is 0 Å². The molecule has 1 radical (unpaired) electrons. The van der Waals surface area contributed by atoms with Crippen LogP contribution in [0.4, 0.5) is 0 Å². The molecule has 0 heterocycles. The monoisotopic (exact) mass is 149 g/mol. The molecular formula is C11H17. The van der Waals surface area contributed by atoms with Crippen LogP contribution in [0.1, 0.15) is 26.2 Å². The van der Waals surface area contributed by atoms with E-state index in [-0.39, 0.29) is 0 Å². The fraction of sp³-hybridized carbons (Fsp3) is 0.364. The second kappa shape index (κ2) is 9.22. The largest absolute Gasteiger partial charge is 0.0914 e. The number of rotatable bonds is 5. The molecule has 0 nitrogen and oxygen atoms in total. The van der Waals surface area contributed by atoms with E-state index in [0.29, 0.717) is 0 Å². The first-order valence-electron chi connectivity index (χ1n) is 4.12. The van der Waals surface area contributed by atoms with Crippen LogP contribution in [0.2, 0.25) is 0 Å². The van der Waals surface area contributed by atoms with E-state index in [1.807, 2.05) is 6.92 Å². The Kier molecular flexibility index (Phi) is 8.57. The number of hydrogen-bond acceptors (Lipinski definition) is 0. The van der Waals surface area contributed by atoms with Gasteiger partial charge in [0.15, 0.2) is 0 Å². The van der Waals surface area contributed by atoms with E-state index in [4.69, 9.17) is 0 Å². The third kappa shape index (κ3) is 9.22. The SMILES string of the molecule is [CH2]CC=CCC=CCC=CC. The predicted octanol–water partition coefficient (Wildman–Crippen LogP) is 3.68. The molecule has 0 aromatic heterocycles. The molecule has 0 saturated carbocycles.